The first-order chi connectivity index (χ1) is 25.0. The average molecular weight is 749 g/mol. The van der Waals surface area contributed by atoms with Gasteiger partial charge in [-0.15, -0.1) is 0 Å². The zero-order valence-corrected chi connectivity index (χ0v) is 31.3. The lowest BCUT2D eigenvalue weighted by atomic mass is 9.70. The first-order valence-electron chi connectivity index (χ1n) is 17.4. The predicted octanol–water partition coefficient (Wildman–Crippen LogP) is 5.18. The van der Waals surface area contributed by atoms with Gasteiger partial charge in [0.1, 0.15) is 19.0 Å². The number of anilines is 1. The van der Waals surface area contributed by atoms with Gasteiger partial charge in [0.15, 0.2) is 5.79 Å². The van der Waals surface area contributed by atoms with Crippen LogP contribution in [0, 0.1) is 23.6 Å². The third-order valence-electron chi connectivity index (χ3n) is 9.16. The Morgan fingerprint density at radius 2 is 1.62 bits per heavy atom. The summed E-state index contributed by atoms with van der Waals surface area (Å²) in [6.07, 6.45) is 2.71. The summed E-state index contributed by atoms with van der Waals surface area (Å²) in [6.45, 7) is 6.65. The molecule has 0 spiro atoms. The monoisotopic (exact) mass is 748 g/mol. The number of halogens is 1. The van der Waals surface area contributed by atoms with Gasteiger partial charge in [-0.1, -0.05) is 42.3 Å². The number of carbonyl (C=O) groups excluding carboxylic acids is 3. The molecule has 1 amide bonds. The zero-order valence-electron chi connectivity index (χ0n) is 30.5. The number of ether oxygens (including phenoxy) is 4. The highest BCUT2D eigenvalue weighted by Gasteiger charge is 2.52. The Bertz CT molecular complexity index is 1940. The summed E-state index contributed by atoms with van der Waals surface area (Å²) >= 11 is 0. The molecule has 2 saturated heterocycles. The van der Waals surface area contributed by atoms with Crippen LogP contribution in [0.1, 0.15) is 74.8 Å². The van der Waals surface area contributed by atoms with E-state index in [1.165, 1.54) is 26.0 Å². The van der Waals surface area contributed by atoms with Crippen LogP contribution in [0.25, 0.3) is 0 Å². The van der Waals surface area contributed by atoms with Crippen molar-refractivity contribution in [3.8, 4) is 11.8 Å². The highest BCUT2D eigenvalue weighted by Crippen LogP contribution is 2.51. The quantitative estimate of drug-likeness (QED) is 0.109. The zero-order chi connectivity index (χ0) is 38.4. The molecule has 5 rings (SSSR count). The summed E-state index contributed by atoms with van der Waals surface area (Å²) in [5, 5.41) is 0. The van der Waals surface area contributed by atoms with Crippen molar-refractivity contribution in [2.24, 2.45) is 5.92 Å². The fraction of sp³-hybridized carbons (Fsp3) is 0.425. The molecule has 0 aromatic heterocycles. The third kappa shape index (κ3) is 10.5. The van der Waals surface area contributed by atoms with Crippen molar-refractivity contribution in [1.29, 1.82) is 0 Å². The van der Waals surface area contributed by atoms with E-state index in [9.17, 15) is 27.2 Å². The van der Waals surface area contributed by atoms with Gasteiger partial charge in [-0.3, -0.25) is 14.4 Å². The summed E-state index contributed by atoms with van der Waals surface area (Å²) in [7, 11) is -3.27. The van der Waals surface area contributed by atoms with Crippen LogP contribution < -0.4 is 9.62 Å². The smallest absolute Gasteiger partial charge is 0.304 e. The summed E-state index contributed by atoms with van der Waals surface area (Å²) < 4.78 is 61.7. The molecular formula is C40H45FN2O9S. The Kier molecular flexibility index (Phi) is 12.4. The minimum Gasteiger partial charge on any atom is -0.466 e. The lowest BCUT2D eigenvalue weighted by Crippen LogP contribution is -2.57. The molecule has 2 fully saturated rings. The highest BCUT2D eigenvalue weighted by atomic mass is 32.2. The van der Waals surface area contributed by atoms with Crippen LogP contribution in [-0.4, -0.2) is 70.3 Å². The van der Waals surface area contributed by atoms with Crippen molar-refractivity contribution >= 4 is 33.6 Å². The first-order valence-corrected chi connectivity index (χ1v) is 19.3. The number of rotatable bonds is 13. The number of amides is 1. The number of carbonyl (C=O) groups is 3. The van der Waals surface area contributed by atoms with Crippen LogP contribution >= 0.6 is 0 Å². The maximum atomic E-state index is 14.2. The maximum Gasteiger partial charge on any atom is 0.304 e. The van der Waals surface area contributed by atoms with E-state index in [1.807, 2.05) is 48.5 Å². The number of esters is 2. The molecule has 3 atom stereocenters. The summed E-state index contributed by atoms with van der Waals surface area (Å²) in [4.78, 5) is 39.6. The fourth-order valence-electron chi connectivity index (χ4n) is 6.56. The van der Waals surface area contributed by atoms with Crippen LogP contribution in [0.15, 0.2) is 72.8 Å². The standard InChI is InChI=1S/C40H45FN2O9S/c1-27(44)49-24-21-35(31-14-16-33(41)17-15-31)36-37(43(38(36)46)34-18-10-29(11-19-34)7-6-23-42-53(5,47)48)32-12-8-30(9-13-32)20-22-40(52-28(2)45)25-50-39(3,4)51-26-40/h8-19,35-37,42H,6-7,21,23-26H2,1-5H3. The second kappa shape index (κ2) is 16.6. The molecule has 2 aliphatic heterocycles. The summed E-state index contributed by atoms with van der Waals surface area (Å²) in [5.74, 6) is 2.85. The number of hydrogen-bond acceptors (Lipinski definition) is 9. The molecule has 3 aromatic rings. The molecule has 282 valence electrons. The molecule has 0 bridgehead atoms. The maximum absolute atomic E-state index is 14.2. The van der Waals surface area contributed by atoms with Crippen LogP contribution in [0.4, 0.5) is 10.1 Å². The van der Waals surface area contributed by atoms with Crippen LogP contribution in [-0.2, 0) is 49.8 Å². The topological polar surface area (TPSA) is 138 Å². The van der Waals surface area contributed by atoms with Gasteiger partial charge in [-0.2, -0.15) is 0 Å². The van der Waals surface area contributed by atoms with E-state index in [0.717, 1.165) is 22.9 Å². The van der Waals surface area contributed by atoms with Crippen molar-refractivity contribution in [2.75, 3.05) is 37.5 Å². The number of sulfonamides is 1. The van der Waals surface area contributed by atoms with E-state index < -0.39 is 57.0 Å². The van der Waals surface area contributed by atoms with Crippen molar-refractivity contribution in [2.45, 2.75) is 70.3 Å². The first kappa shape index (κ1) is 39.6. The lowest BCUT2D eigenvalue weighted by Gasteiger charge is -2.50. The molecule has 53 heavy (non-hydrogen) atoms. The van der Waals surface area contributed by atoms with E-state index in [4.69, 9.17) is 18.9 Å². The SMILES string of the molecule is CC(=O)OCCC(c1ccc(F)cc1)C1C(=O)N(c2ccc(CCCNS(C)(=O)=O)cc2)C1c1ccc(C#CC2(OC(C)=O)COC(C)(C)OC2)cc1. The summed E-state index contributed by atoms with van der Waals surface area (Å²) in [5.41, 5.74) is 2.61. The Hall–Kier alpha value is -4.61. The Labute approximate surface area is 310 Å². The van der Waals surface area contributed by atoms with Crippen LogP contribution in [0.5, 0.6) is 0 Å². The highest BCUT2D eigenvalue weighted by molar-refractivity contribution is 7.88. The minimum absolute atomic E-state index is 0.0416. The molecule has 11 nitrogen and oxygen atoms in total. The third-order valence-corrected chi connectivity index (χ3v) is 9.89. The van der Waals surface area contributed by atoms with E-state index >= 15 is 0 Å². The van der Waals surface area contributed by atoms with Gasteiger partial charge >= 0.3 is 11.9 Å². The van der Waals surface area contributed by atoms with Gasteiger partial charge in [0.25, 0.3) is 0 Å². The molecular weight excluding hydrogens is 704 g/mol. The second-order valence-electron chi connectivity index (χ2n) is 13.8. The predicted molar refractivity (Wildman–Crippen MR) is 196 cm³/mol. The van der Waals surface area contributed by atoms with Gasteiger partial charge in [0.2, 0.25) is 21.5 Å². The van der Waals surface area contributed by atoms with Crippen molar-refractivity contribution in [1.82, 2.24) is 4.72 Å². The number of hydrogen-bond donors (Lipinski definition) is 1. The van der Waals surface area contributed by atoms with Crippen molar-refractivity contribution in [3.63, 3.8) is 0 Å². The molecule has 13 heteroatoms. The van der Waals surface area contributed by atoms with Gasteiger partial charge in [-0.05, 0) is 92.1 Å². The molecule has 0 radical (unpaired) electrons. The van der Waals surface area contributed by atoms with Gasteiger partial charge < -0.3 is 23.8 Å². The Morgan fingerprint density at radius 1 is 0.981 bits per heavy atom. The normalized spacial score (nSPS) is 19.7. The second-order valence-corrected chi connectivity index (χ2v) is 15.7. The van der Waals surface area contributed by atoms with Gasteiger partial charge in [0, 0.05) is 37.6 Å². The van der Waals surface area contributed by atoms with E-state index in [0.29, 0.717) is 37.1 Å². The molecule has 1 N–H and O–H groups in total. The largest absolute Gasteiger partial charge is 0.466 e. The van der Waals surface area contributed by atoms with E-state index in [-0.39, 0.29) is 25.7 Å². The van der Waals surface area contributed by atoms with Crippen molar-refractivity contribution in [3.05, 3.63) is 101 Å². The van der Waals surface area contributed by atoms with Crippen LogP contribution in [0.3, 0.4) is 0 Å². The van der Waals surface area contributed by atoms with Gasteiger partial charge in [0.05, 0.1) is 24.8 Å². The molecule has 2 aliphatic rings. The van der Waals surface area contributed by atoms with E-state index in [1.54, 1.807) is 30.9 Å². The number of β-lactam (4-membered cyclic amide) rings is 1. The van der Waals surface area contributed by atoms with Crippen molar-refractivity contribution < 1.29 is 46.1 Å². The molecule has 3 aromatic carbocycles. The number of nitrogens with one attached hydrogen (secondary N) is 1. The number of aryl methyl sites for hydroxylation is 1. The average Bonchev–Trinajstić information content (AvgIpc) is 3.09. The number of benzene rings is 3. The molecule has 3 unspecified atom stereocenters. The lowest BCUT2D eigenvalue weighted by molar-refractivity contribution is -0.291. The summed E-state index contributed by atoms with van der Waals surface area (Å²) in [6, 6.07) is 20.6. The number of nitrogens with zero attached hydrogens (tertiary/aromatic N) is 1. The Morgan fingerprint density at radius 3 is 2.21 bits per heavy atom. The molecule has 2 heterocycles. The Balaban J connectivity index is 1.45. The minimum atomic E-state index is -3.27. The fourth-order valence-corrected chi connectivity index (χ4v) is 7.07. The molecule has 0 saturated carbocycles. The van der Waals surface area contributed by atoms with E-state index in [2.05, 4.69) is 16.6 Å². The van der Waals surface area contributed by atoms with Crippen LogP contribution in [0.2, 0.25) is 0 Å². The van der Waals surface area contributed by atoms with Gasteiger partial charge in [-0.25, -0.2) is 17.5 Å². The molecule has 0 aliphatic carbocycles.